The molecule has 154 valence electrons. The van der Waals surface area contributed by atoms with Gasteiger partial charge >= 0.3 is 0 Å². The molecule has 0 spiro atoms. The van der Waals surface area contributed by atoms with Crippen LogP contribution in [0, 0.1) is 0 Å². The number of furan rings is 1. The van der Waals surface area contributed by atoms with Gasteiger partial charge in [-0.05, 0) is 49.2 Å². The van der Waals surface area contributed by atoms with E-state index in [-0.39, 0.29) is 0 Å². The van der Waals surface area contributed by atoms with Crippen molar-refractivity contribution in [1.29, 1.82) is 0 Å². The van der Waals surface area contributed by atoms with Gasteiger partial charge in [-0.3, -0.25) is 4.90 Å². The zero-order chi connectivity index (χ0) is 20.5. The zero-order valence-electron chi connectivity index (χ0n) is 16.2. The molecular formula is C20H21ClN8O. The summed E-state index contributed by atoms with van der Waals surface area (Å²) in [4.78, 5) is 15.5. The van der Waals surface area contributed by atoms with E-state index in [1.807, 2.05) is 12.1 Å². The molecule has 4 aromatic rings. The Balaban J connectivity index is 1.29. The molecule has 1 unspecified atom stereocenters. The van der Waals surface area contributed by atoms with Crippen molar-refractivity contribution in [3.05, 3.63) is 53.5 Å². The number of nitrogen functional groups attached to an aromatic ring is 1. The van der Waals surface area contributed by atoms with E-state index in [0.717, 1.165) is 32.5 Å². The molecule has 0 aromatic carbocycles. The number of aromatic nitrogens is 5. The maximum Gasteiger partial charge on any atom is 0.256 e. The van der Waals surface area contributed by atoms with Crippen molar-refractivity contribution in [1.82, 2.24) is 29.5 Å². The van der Waals surface area contributed by atoms with Crippen LogP contribution in [0.1, 0.15) is 18.4 Å². The summed E-state index contributed by atoms with van der Waals surface area (Å²) in [7, 11) is 0. The van der Waals surface area contributed by atoms with Gasteiger partial charge in [0.05, 0.1) is 6.26 Å². The van der Waals surface area contributed by atoms with Crippen LogP contribution in [0.5, 0.6) is 0 Å². The predicted molar refractivity (Wildman–Crippen MR) is 114 cm³/mol. The van der Waals surface area contributed by atoms with Crippen LogP contribution in [0.2, 0.25) is 5.15 Å². The second kappa shape index (κ2) is 7.92. The highest BCUT2D eigenvalue weighted by Gasteiger charge is 2.24. The maximum atomic E-state index is 6.17. The number of nitrogens with zero attached hydrogens (tertiary/aromatic N) is 6. The highest BCUT2D eigenvalue weighted by atomic mass is 35.5. The molecule has 10 heteroatoms. The molecule has 1 atom stereocenters. The van der Waals surface area contributed by atoms with E-state index in [9.17, 15) is 0 Å². The lowest BCUT2D eigenvalue weighted by Crippen LogP contribution is -2.34. The van der Waals surface area contributed by atoms with Gasteiger partial charge in [-0.1, -0.05) is 11.6 Å². The number of rotatable bonds is 6. The number of halogens is 1. The predicted octanol–water partition coefficient (Wildman–Crippen LogP) is 3.09. The Bertz CT molecular complexity index is 1160. The van der Waals surface area contributed by atoms with Crippen molar-refractivity contribution in [2.24, 2.45) is 0 Å². The molecule has 1 aliphatic heterocycles. The molecule has 9 nitrogen and oxygen atoms in total. The van der Waals surface area contributed by atoms with Crippen LogP contribution in [-0.4, -0.2) is 48.6 Å². The number of hydrogen-bond donors (Lipinski definition) is 2. The van der Waals surface area contributed by atoms with Crippen LogP contribution in [0.15, 0.2) is 47.2 Å². The monoisotopic (exact) mass is 424 g/mol. The normalized spacial score (nSPS) is 17.0. The third-order valence-electron chi connectivity index (χ3n) is 5.28. The highest BCUT2D eigenvalue weighted by Crippen LogP contribution is 2.23. The molecule has 0 aliphatic carbocycles. The first-order valence-electron chi connectivity index (χ1n) is 9.81. The number of fused-ring (bicyclic) bond motifs is 1. The Morgan fingerprint density at radius 1 is 1.27 bits per heavy atom. The average molecular weight is 425 g/mol. The molecule has 0 amide bonds. The summed E-state index contributed by atoms with van der Waals surface area (Å²) in [6.45, 7) is 2.66. The fourth-order valence-corrected chi connectivity index (χ4v) is 4.02. The van der Waals surface area contributed by atoms with Gasteiger partial charge in [0.15, 0.2) is 5.76 Å². The Hall–Kier alpha value is -3.17. The van der Waals surface area contributed by atoms with Crippen molar-refractivity contribution in [3.63, 3.8) is 0 Å². The molecule has 4 aromatic heterocycles. The minimum atomic E-state index is 0.396. The van der Waals surface area contributed by atoms with Gasteiger partial charge in [0.2, 0.25) is 5.82 Å². The number of hydrogen-bond acceptors (Lipinski definition) is 8. The highest BCUT2D eigenvalue weighted by molar-refractivity contribution is 6.29. The second-order valence-corrected chi connectivity index (χ2v) is 7.71. The van der Waals surface area contributed by atoms with Crippen molar-refractivity contribution < 1.29 is 4.42 Å². The van der Waals surface area contributed by atoms with Crippen LogP contribution in [-0.2, 0) is 6.54 Å². The van der Waals surface area contributed by atoms with Crippen LogP contribution in [0.3, 0.4) is 0 Å². The first kappa shape index (κ1) is 18.8. The van der Waals surface area contributed by atoms with Crippen molar-refractivity contribution >= 4 is 29.0 Å². The molecule has 30 heavy (non-hydrogen) atoms. The fourth-order valence-electron chi connectivity index (χ4n) is 3.82. The molecule has 1 aliphatic rings. The van der Waals surface area contributed by atoms with E-state index in [1.165, 1.54) is 10.1 Å². The minimum Gasteiger partial charge on any atom is -0.461 e. The van der Waals surface area contributed by atoms with Crippen LogP contribution < -0.4 is 11.1 Å². The smallest absolute Gasteiger partial charge is 0.256 e. The van der Waals surface area contributed by atoms with Gasteiger partial charge in [-0.15, -0.1) is 5.10 Å². The topological polar surface area (TPSA) is 110 Å². The number of likely N-dealkylation sites (tertiary alicyclic amines) is 1. The Morgan fingerprint density at radius 3 is 3.03 bits per heavy atom. The molecule has 1 saturated heterocycles. The van der Waals surface area contributed by atoms with E-state index >= 15 is 0 Å². The molecule has 3 N–H and O–H groups in total. The Morgan fingerprint density at radius 2 is 2.20 bits per heavy atom. The van der Waals surface area contributed by atoms with Crippen molar-refractivity contribution in [2.75, 3.05) is 24.1 Å². The number of nitrogens with one attached hydrogen (secondary N) is 1. The lowest BCUT2D eigenvalue weighted by atomic mass is 10.2. The van der Waals surface area contributed by atoms with Crippen molar-refractivity contribution in [3.8, 4) is 11.6 Å². The summed E-state index contributed by atoms with van der Waals surface area (Å²) >= 11 is 6.02. The lowest BCUT2D eigenvalue weighted by Gasteiger charge is -2.25. The number of anilines is 2. The van der Waals surface area contributed by atoms with E-state index in [1.54, 1.807) is 30.7 Å². The average Bonchev–Trinajstić information content (AvgIpc) is 3.47. The second-order valence-electron chi connectivity index (χ2n) is 7.33. The van der Waals surface area contributed by atoms with Crippen molar-refractivity contribution in [2.45, 2.75) is 25.4 Å². The van der Waals surface area contributed by atoms with E-state index in [0.29, 0.717) is 40.2 Å². The minimum absolute atomic E-state index is 0.396. The third-order valence-corrected chi connectivity index (χ3v) is 5.48. The third kappa shape index (κ3) is 3.81. The van der Waals surface area contributed by atoms with Crippen LogP contribution >= 0.6 is 11.6 Å². The first-order valence-corrected chi connectivity index (χ1v) is 10.2. The summed E-state index contributed by atoms with van der Waals surface area (Å²) in [5.41, 5.74) is 7.34. The van der Waals surface area contributed by atoms with Gasteiger partial charge in [0, 0.05) is 31.4 Å². The fraction of sp³-hybridized carbons (Fsp3) is 0.300. The molecule has 1 fully saturated rings. The molecule has 0 radical (unpaired) electrons. The summed E-state index contributed by atoms with van der Waals surface area (Å²) < 4.78 is 6.87. The summed E-state index contributed by atoms with van der Waals surface area (Å²) in [6, 6.07) is 9.69. The number of nitrogens with two attached hydrogens (primary N) is 1. The Kier molecular flexibility index (Phi) is 4.97. The zero-order valence-corrected chi connectivity index (χ0v) is 17.0. The molecule has 5 heterocycles. The molecule has 0 saturated carbocycles. The van der Waals surface area contributed by atoms with E-state index in [2.05, 4.69) is 30.3 Å². The van der Waals surface area contributed by atoms with Gasteiger partial charge in [0.1, 0.15) is 16.8 Å². The van der Waals surface area contributed by atoms with Crippen LogP contribution in [0.25, 0.3) is 17.4 Å². The Labute approximate surface area is 177 Å². The molecule has 5 rings (SSSR count). The number of pyridine rings is 1. The van der Waals surface area contributed by atoms with Gasteiger partial charge in [-0.2, -0.15) is 14.5 Å². The quantitative estimate of drug-likeness (QED) is 0.454. The summed E-state index contributed by atoms with van der Waals surface area (Å²) in [5.74, 6) is 2.60. The van der Waals surface area contributed by atoms with Gasteiger partial charge < -0.3 is 15.5 Å². The largest absolute Gasteiger partial charge is 0.461 e. The van der Waals surface area contributed by atoms with E-state index in [4.69, 9.17) is 21.8 Å². The summed E-state index contributed by atoms with van der Waals surface area (Å²) in [5, 5.41) is 8.31. The molecule has 0 bridgehead atoms. The van der Waals surface area contributed by atoms with Gasteiger partial charge in [-0.25, -0.2) is 4.98 Å². The standard InChI is InChI=1S/C20H21ClN8O/c21-16-9-13(5-6-23-16)12-28-7-1-3-14(28)11-24-18-10-17(22)29-20(25-18)26-19(27-29)15-4-2-8-30-15/h2,4-6,8-10,14H,1,3,7,11-12,22H2,(H,24,25,26,27). The summed E-state index contributed by atoms with van der Waals surface area (Å²) in [6.07, 6.45) is 5.62. The SMILES string of the molecule is Nc1cc(NCC2CCCN2Cc2ccnc(Cl)c2)nc2nc(-c3ccco3)nn12. The lowest BCUT2D eigenvalue weighted by molar-refractivity contribution is 0.254. The van der Waals surface area contributed by atoms with Gasteiger partial charge in [0.25, 0.3) is 5.78 Å². The first-order chi connectivity index (χ1) is 14.7. The maximum absolute atomic E-state index is 6.17. The van der Waals surface area contributed by atoms with Crippen LogP contribution in [0.4, 0.5) is 11.6 Å². The molecular weight excluding hydrogens is 404 g/mol. The van der Waals surface area contributed by atoms with E-state index < -0.39 is 0 Å².